The van der Waals surface area contributed by atoms with E-state index < -0.39 is 5.97 Å². The third kappa shape index (κ3) is 4.51. The fourth-order valence-corrected chi connectivity index (χ4v) is 1.92. The predicted octanol–water partition coefficient (Wildman–Crippen LogP) is 2.96. The number of thioether (sulfide) groups is 1. The molecule has 0 rings (SSSR count). The molecule has 0 aliphatic rings. The molecule has 14 heavy (non-hydrogen) atoms. The monoisotopic (exact) mass is 214 g/mol. The number of hydrogen-bond donors (Lipinski definition) is 1. The van der Waals surface area contributed by atoms with Gasteiger partial charge in [-0.3, -0.25) is 0 Å². The summed E-state index contributed by atoms with van der Waals surface area (Å²) in [5.41, 5.74) is -0.0308. The van der Waals surface area contributed by atoms with Gasteiger partial charge in [-0.1, -0.05) is 26.5 Å². The van der Waals surface area contributed by atoms with E-state index in [4.69, 9.17) is 5.11 Å². The molecule has 0 saturated carbocycles. The molecule has 0 heterocycles. The maximum absolute atomic E-state index is 10.7. The molecule has 0 aromatic rings. The fourth-order valence-electron chi connectivity index (χ4n) is 0.934. The third-order valence-electron chi connectivity index (χ3n) is 2.18. The number of aliphatic carboxylic acids is 1. The number of hydrogen-bond acceptors (Lipinski definition) is 2. The molecule has 0 aliphatic carbocycles. The molecule has 0 saturated heterocycles. The molecule has 0 atom stereocenters. The van der Waals surface area contributed by atoms with E-state index in [0.717, 1.165) is 17.9 Å². The van der Waals surface area contributed by atoms with Gasteiger partial charge >= 0.3 is 5.97 Å². The largest absolute Gasteiger partial charge is 0.478 e. The highest BCUT2D eigenvalue weighted by molar-refractivity contribution is 7.99. The first-order valence-corrected chi connectivity index (χ1v) is 5.68. The molecule has 2 nitrogen and oxygen atoms in total. The van der Waals surface area contributed by atoms with Crippen LogP contribution in [0.2, 0.25) is 0 Å². The van der Waals surface area contributed by atoms with Gasteiger partial charge in [0.25, 0.3) is 0 Å². The van der Waals surface area contributed by atoms with Crippen molar-refractivity contribution in [1.29, 1.82) is 0 Å². The first-order valence-electron chi connectivity index (χ1n) is 4.53. The molecule has 0 radical (unpaired) electrons. The Labute approximate surface area is 90.1 Å². The lowest BCUT2D eigenvalue weighted by atomic mass is 9.82. The maximum atomic E-state index is 10.7. The van der Waals surface area contributed by atoms with Crippen LogP contribution in [0.5, 0.6) is 0 Å². The first kappa shape index (κ1) is 13.3. The Morgan fingerprint density at radius 2 is 2.14 bits per heavy atom. The van der Waals surface area contributed by atoms with Crippen LogP contribution in [0.4, 0.5) is 0 Å². The molecule has 80 valence electrons. The molecular formula is C11H18O2S. The Morgan fingerprint density at radius 3 is 2.57 bits per heavy atom. The van der Waals surface area contributed by atoms with Crippen LogP contribution in [0.25, 0.3) is 0 Å². The van der Waals surface area contributed by atoms with Crippen molar-refractivity contribution in [2.75, 3.05) is 11.5 Å². The molecule has 0 bridgehead atoms. The highest BCUT2D eigenvalue weighted by atomic mass is 32.2. The zero-order chi connectivity index (χ0) is 11.2. The molecule has 0 unspecified atom stereocenters. The second-order valence-electron chi connectivity index (χ2n) is 3.78. The summed E-state index contributed by atoms with van der Waals surface area (Å²) in [5, 5.41) is 8.80. The first-order chi connectivity index (χ1) is 6.41. The summed E-state index contributed by atoms with van der Waals surface area (Å²) in [6, 6.07) is 0. The van der Waals surface area contributed by atoms with E-state index in [0.29, 0.717) is 0 Å². The molecule has 0 aliphatic heterocycles. The lowest BCUT2D eigenvalue weighted by molar-refractivity contribution is -0.133. The Morgan fingerprint density at radius 1 is 1.57 bits per heavy atom. The Balaban J connectivity index is 4.00. The molecule has 0 spiro atoms. The van der Waals surface area contributed by atoms with Crippen LogP contribution in [-0.4, -0.2) is 22.6 Å². The molecule has 0 fully saturated rings. The third-order valence-corrected chi connectivity index (χ3v) is 3.15. The van der Waals surface area contributed by atoms with E-state index in [9.17, 15) is 4.79 Å². The SMILES string of the molecule is C=CCSCCC(C)(C)C(=C)C(=O)O. The van der Waals surface area contributed by atoms with Gasteiger partial charge in [0.1, 0.15) is 0 Å². The van der Waals surface area contributed by atoms with Crippen molar-refractivity contribution < 1.29 is 9.90 Å². The normalized spacial score (nSPS) is 11.0. The zero-order valence-electron chi connectivity index (χ0n) is 8.88. The summed E-state index contributed by atoms with van der Waals surface area (Å²) in [4.78, 5) is 10.7. The highest BCUT2D eigenvalue weighted by Crippen LogP contribution is 2.30. The topological polar surface area (TPSA) is 37.3 Å². The molecule has 0 aromatic heterocycles. The minimum Gasteiger partial charge on any atom is -0.478 e. The summed E-state index contributed by atoms with van der Waals surface area (Å²) in [6.07, 6.45) is 2.68. The molecule has 1 N–H and O–H groups in total. The van der Waals surface area contributed by atoms with Gasteiger partial charge in [0.15, 0.2) is 0 Å². The van der Waals surface area contributed by atoms with Gasteiger partial charge in [-0.15, -0.1) is 6.58 Å². The van der Waals surface area contributed by atoms with Crippen LogP contribution in [0.3, 0.4) is 0 Å². The molecular weight excluding hydrogens is 196 g/mol. The van der Waals surface area contributed by atoms with Crippen LogP contribution in [0.1, 0.15) is 20.3 Å². The average molecular weight is 214 g/mol. The zero-order valence-corrected chi connectivity index (χ0v) is 9.69. The van der Waals surface area contributed by atoms with E-state index in [-0.39, 0.29) is 11.0 Å². The second kappa shape index (κ2) is 5.91. The van der Waals surface area contributed by atoms with Crippen LogP contribution >= 0.6 is 11.8 Å². The number of carbonyl (C=O) groups is 1. The molecule has 3 heteroatoms. The minimum atomic E-state index is -0.899. The van der Waals surface area contributed by atoms with Gasteiger partial charge < -0.3 is 5.11 Å². The van der Waals surface area contributed by atoms with E-state index in [1.54, 1.807) is 11.8 Å². The van der Waals surface area contributed by atoms with Crippen molar-refractivity contribution in [2.24, 2.45) is 5.41 Å². The van der Waals surface area contributed by atoms with Gasteiger partial charge in [-0.25, -0.2) is 4.79 Å². The Kier molecular flexibility index (Phi) is 5.62. The van der Waals surface area contributed by atoms with Crippen molar-refractivity contribution in [3.8, 4) is 0 Å². The summed E-state index contributed by atoms with van der Waals surface area (Å²) in [6.45, 7) is 11.1. The van der Waals surface area contributed by atoms with Gasteiger partial charge in [-0.05, 0) is 17.6 Å². The predicted molar refractivity (Wildman–Crippen MR) is 62.7 cm³/mol. The summed E-state index contributed by atoms with van der Waals surface area (Å²) < 4.78 is 0. The van der Waals surface area contributed by atoms with E-state index >= 15 is 0 Å². The van der Waals surface area contributed by atoms with Gasteiger partial charge in [-0.2, -0.15) is 11.8 Å². The summed E-state index contributed by atoms with van der Waals surface area (Å²) in [5.74, 6) is 0.949. The molecule has 0 amide bonds. The molecule has 0 aromatic carbocycles. The van der Waals surface area contributed by atoms with Crippen molar-refractivity contribution >= 4 is 17.7 Å². The average Bonchev–Trinajstić information content (AvgIpc) is 2.11. The Hall–Kier alpha value is -0.700. The quantitative estimate of drug-likeness (QED) is 0.402. The number of carboxylic acid groups (broad SMARTS) is 1. The van der Waals surface area contributed by atoms with Crippen LogP contribution in [0, 0.1) is 5.41 Å². The van der Waals surface area contributed by atoms with Crippen molar-refractivity contribution in [3.05, 3.63) is 24.8 Å². The van der Waals surface area contributed by atoms with Crippen LogP contribution < -0.4 is 0 Å². The smallest absolute Gasteiger partial charge is 0.331 e. The van der Waals surface area contributed by atoms with Crippen molar-refractivity contribution in [1.82, 2.24) is 0 Å². The van der Waals surface area contributed by atoms with E-state index in [1.807, 2.05) is 19.9 Å². The van der Waals surface area contributed by atoms with Gasteiger partial charge in [0.05, 0.1) is 0 Å². The van der Waals surface area contributed by atoms with Gasteiger partial charge in [0.2, 0.25) is 0 Å². The second-order valence-corrected chi connectivity index (χ2v) is 4.93. The minimum absolute atomic E-state index is 0.289. The lowest BCUT2D eigenvalue weighted by Gasteiger charge is -2.24. The van der Waals surface area contributed by atoms with Crippen molar-refractivity contribution in [2.45, 2.75) is 20.3 Å². The standard InChI is InChI=1S/C11H18O2S/c1-5-7-14-8-6-11(3,4)9(2)10(12)13/h5H,1-2,6-8H2,3-4H3,(H,12,13). The fraction of sp³-hybridized carbons (Fsp3) is 0.545. The number of rotatable bonds is 7. The van der Waals surface area contributed by atoms with Gasteiger partial charge in [0, 0.05) is 11.3 Å². The highest BCUT2D eigenvalue weighted by Gasteiger charge is 2.25. The van der Waals surface area contributed by atoms with Crippen LogP contribution in [-0.2, 0) is 4.79 Å². The summed E-state index contributed by atoms with van der Waals surface area (Å²) in [7, 11) is 0. The summed E-state index contributed by atoms with van der Waals surface area (Å²) >= 11 is 1.76. The Bertz CT molecular complexity index is 231. The van der Waals surface area contributed by atoms with Crippen LogP contribution in [0.15, 0.2) is 24.8 Å². The van der Waals surface area contributed by atoms with E-state index in [1.165, 1.54) is 0 Å². The van der Waals surface area contributed by atoms with Crippen molar-refractivity contribution in [3.63, 3.8) is 0 Å². The maximum Gasteiger partial charge on any atom is 0.331 e. The lowest BCUT2D eigenvalue weighted by Crippen LogP contribution is -2.21. The number of carboxylic acids is 1. The van der Waals surface area contributed by atoms with E-state index in [2.05, 4.69) is 13.2 Å².